The van der Waals surface area contributed by atoms with Gasteiger partial charge in [0.25, 0.3) is 5.91 Å². The molecule has 1 atom stereocenters. The Bertz CT molecular complexity index is 729. The summed E-state index contributed by atoms with van der Waals surface area (Å²) in [5, 5.41) is 3.48. The molecule has 5 nitrogen and oxygen atoms in total. The van der Waals surface area contributed by atoms with Gasteiger partial charge in [-0.25, -0.2) is 4.79 Å². The Balaban J connectivity index is 1.84. The molecule has 110 valence electrons. The number of aryl methyl sites for hydroxylation is 1. The molecule has 1 saturated heterocycles. The molecule has 21 heavy (non-hydrogen) atoms. The van der Waals surface area contributed by atoms with Crippen LogP contribution in [-0.4, -0.2) is 25.2 Å². The molecule has 1 aliphatic heterocycles. The molecule has 1 aliphatic rings. The Hall–Kier alpha value is -2.14. The van der Waals surface area contributed by atoms with Crippen molar-refractivity contribution in [3.8, 4) is 0 Å². The fourth-order valence-corrected chi connectivity index (χ4v) is 2.56. The van der Waals surface area contributed by atoms with Crippen LogP contribution >= 0.6 is 0 Å². The van der Waals surface area contributed by atoms with Gasteiger partial charge >= 0.3 is 5.63 Å². The van der Waals surface area contributed by atoms with E-state index in [0.29, 0.717) is 12.1 Å². The van der Waals surface area contributed by atoms with Crippen LogP contribution in [0.3, 0.4) is 0 Å². The number of benzene rings is 1. The fraction of sp³-hybridized carbons (Fsp3) is 0.375. The summed E-state index contributed by atoms with van der Waals surface area (Å²) in [6.07, 6.45) is 1.99. The lowest BCUT2D eigenvalue weighted by Gasteiger charge is -2.10. The van der Waals surface area contributed by atoms with Crippen molar-refractivity contribution in [3.63, 3.8) is 0 Å². The van der Waals surface area contributed by atoms with Gasteiger partial charge in [-0.2, -0.15) is 0 Å². The van der Waals surface area contributed by atoms with Crippen molar-refractivity contribution < 1.29 is 13.9 Å². The molecule has 0 bridgehead atoms. The van der Waals surface area contributed by atoms with E-state index in [1.165, 1.54) is 0 Å². The van der Waals surface area contributed by atoms with E-state index in [1.54, 1.807) is 6.07 Å². The number of carbonyl (C=O) groups excluding carboxylic acids is 1. The van der Waals surface area contributed by atoms with E-state index in [-0.39, 0.29) is 11.7 Å². The average Bonchev–Trinajstić information content (AvgIpc) is 2.98. The molecular formula is C16H17NO4. The summed E-state index contributed by atoms with van der Waals surface area (Å²) in [6.45, 7) is 3.02. The van der Waals surface area contributed by atoms with Gasteiger partial charge in [0.2, 0.25) is 0 Å². The minimum Gasteiger partial charge on any atom is -0.422 e. The lowest BCUT2D eigenvalue weighted by Crippen LogP contribution is -2.34. The van der Waals surface area contributed by atoms with Crippen LogP contribution in [0.15, 0.2) is 33.5 Å². The minimum absolute atomic E-state index is 0.0334. The molecule has 0 saturated carbocycles. The van der Waals surface area contributed by atoms with Crippen LogP contribution in [0.5, 0.6) is 0 Å². The summed E-state index contributed by atoms with van der Waals surface area (Å²) in [5.41, 5.74) is 0.821. The van der Waals surface area contributed by atoms with E-state index in [1.807, 2.05) is 25.1 Å². The van der Waals surface area contributed by atoms with Gasteiger partial charge in [-0.05, 0) is 31.4 Å². The van der Waals surface area contributed by atoms with E-state index in [2.05, 4.69) is 5.32 Å². The van der Waals surface area contributed by atoms with Crippen LogP contribution in [0, 0.1) is 6.92 Å². The Labute approximate surface area is 121 Å². The second-order valence-electron chi connectivity index (χ2n) is 5.29. The standard InChI is InChI=1S/C16H17NO4/c1-10-4-2-5-11-8-13(16(19)21-14(10)11)15(18)17-9-12-6-3-7-20-12/h2,4-5,8,12H,3,6-7,9H2,1H3,(H,17,18)/t12-/m0/s1. The van der Waals surface area contributed by atoms with Crippen LogP contribution in [0.2, 0.25) is 0 Å². The molecule has 0 unspecified atom stereocenters. The minimum atomic E-state index is -0.610. The van der Waals surface area contributed by atoms with Crippen LogP contribution in [0.1, 0.15) is 28.8 Å². The van der Waals surface area contributed by atoms with E-state index in [0.717, 1.165) is 30.4 Å². The number of amides is 1. The van der Waals surface area contributed by atoms with Crippen LogP contribution in [0.4, 0.5) is 0 Å². The van der Waals surface area contributed by atoms with E-state index < -0.39 is 11.5 Å². The monoisotopic (exact) mass is 287 g/mol. The molecule has 0 aliphatic carbocycles. The molecule has 5 heteroatoms. The van der Waals surface area contributed by atoms with Crippen molar-refractivity contribution in [2.75, 3.05) is 13.2 Å². The van der Waals surface area contributed by atoms with Crippen molar-refractivity contribution in [2.24, 2.45) is 0 Å². The predicted molar refractivity (Wildman–Crippen MR) is 78.5 cm³/mol. The van der Waals surface area contributed by atoms with Gasteiger partial charge in [0.15, 0.2) is 0 Å². The quantitative estimate of drug-likeness (QED) is 0.877. The molecule has 2 aromatic rings. The zero-order valence-corrected chi connectivity index (χ0v) is 11.8. The molecule has 0 radical (unpaired) electrons. The zero-order valence-electron chi connectivity index (χ0n) is 11.8. The largest absolute Gasteiger partial charge is 0.422 e. The van der Waals surface area contributed by atoms with Crippen molar-refractivity contribution >= 4 is 16.9 Å². The van der Waals surface area contributed by atoms with E-state index in [9.17, 15) is 9.59 Å². The number of hydrogen-bond donors (Lipinski definition) is 1. The molecule has 1 aromatic carbocycles. The second-order valence-corrected chi connectivity index (χ2v) is 5.29. The van der Waals surface area contributed by atoms with Crippen molar-refractivity contribution in [1.29, 1.82) is 0 Å². The molecule has 3 rings (SSSR count). The van der Waals surface area contributed by atoms with Crippen molar-refractivity contribution in [1.82, 2.24) is 5.32 Å². The Morgan fingerprint density at radius 1 is 1.43 bits per heavy atom. The van der Waals surface area contributed by atoms with Gasteiger partial charge in [0.1, 0.15) is 11.1 Å². The van der Waals surface area contributed by atoms with Gasteiger partial charge in [0, 0.05) is 18.5 Å². The van der Waals surface area contributed by atoms with E-state index >= 15 is 0 Å². The smallest absolute Gasteiger partial charge is 0.349 e. The zero-order chi connectivity index (χ0) is 14.8. The first-order valence-corrected chi connectivity index (χ1v) is 7.08. The summed E-state index contributed by atoms with van der Waals surface area (Å²) in [4.78, 5) is 24.1. The fourth-order valence-electron chi connectivity index (χ4n) is 2.56. The second kappa shape index (κ2) is 5.69. The number of rotatable bonds is 3. The maximum atomic E-state index is 12.1. The summed E-state index contributed by atoms with van der Waals surface area (Å²) >= 11 is 0. The Morgan fingerprint density at radius 2 is 2.29 bits per heavy atom. The highest BCUT2D eigenvalue weighted by Gasteiger charge is 2.19. The highest BCUT2D eigenvalue weighted by molar-refractivity contribution is 5.96. The maximum Gasteiger partial charge on any atom is 0.349 e. The molecule has 1 aromatic heterocycles. The number of nitrogens with one attached hydrogen (secondary N) is 1. The average molecular weight is 287 g/mol. The SMILES string of the molecule is Cc1cccc2cc(C(=O)NC[C@@H]3CCCO3)c(=O)oc12. The maximum absolute atomic E-state index is 12.1. The molecule has 1 fully saturated rings. The summed E-state index contributed by atoms with van der Waals surface area (Å²) < 4.78 is 10.7. The molecule has 0 spiro atoms. The third-order valence-electron chi connectivity index (χ3n) is 3.72. The third-order valence-corrected chi connectivity index (χ3v) is 3.72. The topological polar surface area (TPSA) is 68.5 Å². The first-order chi connectivity index (χ1) is 10.1. The molecule has 1 amide bonds. The van der Waals surface area contributed by atoms with Gasteiger partial charge in [-0.15, -0.1) is 0 Å². The Kier molecular flexibility index (Phi) is 3.75. The molecule has 2 heterocycles. The van der Waals surface area contributed by atoms with Crippen molar-refractivity contribution in [3.05, 3.63) is 45.8 Å². The van der Waals surface area contributed by atoms with Crippen LogP contribution in [0.25, 0.3) is 11.0 Å². The summed E-state index contributed by atoms with van der Waals surface area (Å²) in [6, 6.07) is 7.13. The van der Waals surface area contributed by atoms with Crippen LogP contribution < -0.4 is 10.9 Å². The first-order valence-electron chi connectivity index (χ1n) is 7.08. The lowest BCUT2D eigenvalue weighted by molar-refractivity contribution is 0.0855. The van der Waals surface area contributed by atoms with E-state index in [4.69, 9.17) is 9.15 Å². The summed E-state index contributed by atoms with van der Waals surface area (Å²) in [7, 11) is 0. The number of fused-ring (bicyclic) bond motifs is 1. The first kappa shape index (κ1) is 13.8. The normalized spacial score (nSPS) is 18.0. The number of carbonyl (C=O) groups is 1. The Morgan fingerprint density at radius 3 is 3.05 bits per heavy atom. The van der Waals surface area contributed by atoms with Gasteiger partial charge in [-0.1, -0.05) is 18.2 Å². The predicted octanol–water partition coefficient (Wildman–Crippen LogP) is 2.01. The highest BCUT2D eigenvalue weighted by Crippen LogP contribution is 2.17. The van der Waals surface area contributed by atoms with Gasteiger partial charge < -0.3 is 14.5 Å². The van der Waals surface area contributed by atoms with Gasteiger partial charge in [-0.3, -0.25) is 4.79 Å². The lowest BCUT2D eigenvalue weighted by atomic mass is 10.1. The molecule has 1 N–H and O–H groups in total. The summed E-state index contributed by atoms with van der Waals surface area (Å²) in [5.74, 6) is -0.414. The highest BCUT2D eigenvalue weighted by atomic mass is 16.5. The molecular weight excluding hydrogens is 270 g/mol. The third kappa shape index (κ3) is 2.83. The number of para-hydroxylation sites is 1. The van der Waals surface area contributed by atoms with Crippen LogP contribution in [-0.2, 0) is 4.74 Å². The number of hydrogen-bond acceptors (Lipinski definition) is 4. The van der Waals surface area contributed by atoms with Crippen molar-refractivity contribution in [2.45, 2.75) is 25.9 Å². The number of ether oxygens (including phenoxy) is 1. The van der Waals surface area contributed by atoms with Gasteiger partial charge in [0.05, 0.1) is 6.10 Å².